The summed E-state index contributed by atoms with van der Waals surface area (Å²) in [7, 11) is -2.41. The molecule has 24 heavy (non-hydrogen) atoms. The lowest BCUT2D eigenvalue weighted by Crippen LogP contribution is -2.36. The summed E-state index contributed by atoms with van der Waals surface area (Å²) in [6.07, 6.45) is 5.02. The molecular weight excluding hydrogens is 324 g/mol. The average molecular weight is 348 g/mol. The standard InChI is InChI=1S/C17H24N4O2S/c1-3-23-15-6-4-5-14-16(15)19-12-20-17(14)21-9-7-13(8-10-21)11-24(2,18)22/h4-6,12-13,18H,3,7-11H2,1-2H3. The van der Waals surface area contributed by atoms with Crippen molar-refractivity contribution < 1.29 is 8.95 Å². The Bertz CT molecular complexity index is 814. The SMILES string of the molecule is CCOc1cccc2c(N3CCC(CS(C)(=N)=O)CC3)ncnc12. The number of nitrogens with zero attached hydrogens (tertiary/aromatic N) is 3. The number of hydrogen-bond donors (Lipinski definition) is 1. The topological polar surface area (TPSA) is 79.2 Å². The largest absolute Gasteiger partial charge is 0.492 e. The zero-order valence-corrected chi connectivity index (χ0v) is 15.0. The number of nitrogens with one attached hydrogen (secondary N) is 1. The minimum absolute atomic E-state index is 0.364. The molecule has 1 fully saturated rings. The molecule has 7 heteroatoms. The number of fused-ring (bicyclic) bond motifs is 1. The number of benzene rings is 1. The summed E-state index contributed by atoms with van der Waals surface area (Å²) >= 11 is 0. The Morgan fingerprint density at radius 3 is 2.75 bits per heavy atom. The van der Waals surface area contributed by atoms with Crippen molar-refractivity contribution >= 4 is 26.4 Å². The van der Waals surface area contributed by atoms with Crippen LogP contribution in [0.2, 0.25) is 0 Å². The Balaban J connectivity index is 1.82. The molecule has 2 heterocycles. The molecule has 1 saturated heterocycles. The van der Waals surface area contributed by atoms with Crippen LogP contribution in [0.25, 0.3) is 10.9 Å². The van der Waals surface area contributed by atoms with Gasteiger partial charge in [-0.3, -0.25) is 8.99 Å². The number of anilines is 1. The molecule has 0 aliphatic carbocycles. The van der Waals surface area contributed by atoms with E-state index in [-0.39, 0.29) is 0 Å². The van der Waals surface area contributed by atoms with E-state index in [0.29, 0.717) is 18.3 Å². The molecule has 1 aromatic heterocycles. The van der Waals surface area contributed by atoms with E-state index < -0.39 is 9.73 Å². The van der Waals surface area contributed by atoms with E-state index in [0.717, 1.165) is 48.4 Å². The third kappa shape index (κ3) is 3.77. The fraction of sp³-hybridized carbons (Fsp3) is 0.529. The van der Waals surface area contributed by atoms with Crippen LogP contribution in [0.4, 0.5) is 5.82 Å². The highest BCUT2D eigenvalue weighted by Gasteiger charge is 2.23. The van der Waals surface area contributed by atoms with Crippen LogP contribution in [0.15, 0.2) is 24.5 Å². The van der Waals surface area contributed by atoms with E-state index in [2.05, 4.69) is 14.9 Å². The number of ether oxygens (including phenoxy) is 1. The minimum atomic E-state index is -2.41. The number of hydrogen-bond acceptors (Lipinski definition) is 6. The molecule has 3 rings (SSSR count). The maximum absolute atomic E-state index is 11.7. The lowest BCUT2D eigenvalue weighted by atomic mass is 9.98. The van der Waals surface area contributed by atoms with Gasteiger partial charge in [0.05, 0.1) is 6.61 Å². The first-order valence-corrected chi connectivity index (χ1v) is 10.4. The van der Waals surface area contributed by atoms with Gasteiger partial charge in [0, 0.05) is 40.2 Å². The van der Waals surface area contributed by atoms with Crippen LogP contribution in [0.5, 0.6) is 5.75 Å². The molecule has 0 bridgehead atoms. The maximum Gasteiger partial charge on any atom is 0.145 e. The Hall–Kier alpha value is -1.89. The molecule has 6 nitrogen and oxygen atoms in total. The van der Waals surface area contributed by atoms with Crippen LogP contribution in [0.1, 0.15) is 19.8 Å². The van der Waals surface area contributed by atoms with Crippen LogP contribution in [-0.2, 0) is 9.73 Å². The molecule has 0 saturated carbocycles. The van der Waals surface area contributed by atoms with Gasteiger partial charge in [0.15, 0.2) is 0 Å². The summed E-state index contributed by atoms with van der Waals surface area (Å²) in [5.41, 5.74) is 0.842. The summed E-state index contributed by atoms with van der Waals surface area (Å²) in [5.74, 6) is 2.58. The smallest absolute Gasteiger partial charge is 0.145 e. The van der Waals surface area contributed by atoms with Gasteiger partial charge in [-0.05, 0) is 37.8 Å². The second-order valence-electron chi connectivity index (χ2n) is 6.38. The summed E-state index contributed by atoms with van der Waals surface area (Å²) < 4.78 is 25.0. The molecular formula is C17H24N4O2S. The molecule has 1 aliphatic heterocycles. The molecule has 2 aromatic rings. The van der Waals surface area contributed by atoms with Crippen molar-refractivity contribution in [2.24, 2.45) is 5.92 Å². The van der Waals surface area contributed by atoms with Gasteiger partial charge in [0.2, 0.25) is 0 Å². The summed E-state index contributed by atoms with van der Waals surface area (Å²) in [6.45, 7) is 4.30. The fourth-order valence-corrected chi connectivity index (χ4v) is 4.56. The van der Waals surface area contributed by atoms with Crippen LogP contribution in [0.3, 0.4) is 0 Å². The predicted molar refractivity (Wildman–Crippen MR) is 97.3 cm³/mol. The first kappa shape index (κ1) is 17.0. The van der Waals surface area contributed by atoms with Crippen LogP contribution < -0.4 is 9.64 Å². The van der Waals surface area contributed by atoms with Crippen LogP contribution in [0, 0.1) is 10.7 Å². The normalized spacial score (nSPS) is 18.5. The van der Waals surface area contributed by atoms with Gasteiger partial charge >= 0.3 is 0 Å². The van der Waals surface area contributed by atoms with Crippen LogP contribution in [-0.4, -0.2) is 45.9 Å². The zero-order valence-electron chi connectivity index (χ0n) is 14.2. The van der Waals surface area contributed by atoms with E-state index in [4.69, 9.17) is 9.52 Å². The van der Waals surface area contributed by atoms with Crippen molar-refractivity contribution in [3.05, 3.63) is 24.5 Å². The highest BCUT2D eigenvalue weighted by Crippen LogP contribution is 2.31. The molecule has 0 spiro atoms. The maximum atomic E-state index is 11.7. The highest BCUT2D eigenvalue weighted by atomic mass is 32.2. The van der Waals surface area contributed by atoms with Gasteiger partial charge in [0.1, 0.15) is 23.4 Å². The fourth-order valence-electron chi connectivity index (χ4n) is 3.33. The van der Waals surface area contributed by atoms with Gasteiger partial charge in [-0.25, -0.2) is 9.97 Å². The van der Waals surface area contributed by atoms with Crippen molar-refractivity contribution in [3.63, 3.8) is 0 Å². The Kier molecular flexibility index (Phi) is 4.89. The molecule has 0 radical (unpaired) electrons. The van der Waals surface area contributed by atoms with E-state index in [1.54, 1.807) is 6.33 Å². The molecule has 1 N–H and O–H groups in total. The minimum Gasteiger partial charge on any atom is -0.492 e. The first-order chi connectivity index (χ1) is 11.5. The van der Waals surface area contributed by atoms with Crippen molar-refractivity contribution in [1.29, 1.82) is 4.78 Å². The van der Waals surface area contributed by atoms with Crippen molar-refractivity contribution in [2.75, 3.05) is 36.6 Å². The molecule has 1 aromatic carbocycles. The second-order valence-corrected chi connectivity index (χ2v) is 8.73. The van der Waals surface area contributed by atoms with Gasteiger partial charge in [-0.15, -0.1) is 0 Å². The van der Waals surface area contributed by atoms with Gasteiger partial charge in [-0.2, -0.15) is 0 Å². The Labute approximate surface area is 143 Å². The van der Waals surface area contributed by atoms with E-state index in [9.17, 15) is 4.21 Å². The van der Waals surface area contributed by atoms with Crippen molar-refractivity contribution in [2.45, 2.75) is 19.8 Å². The van der Waals surface area contributed by atoms with Crippen LogP contribution >= 0.6 is 0 Å². The summed E-state index contributed by atoms with van der Waals surface area (Å²) in [4.78, 5) is 11.2. The predicted octanol–water partition coefficient (Wildman–Crippen LogP) is 2.92. The highest BCUT2D eigenvalue weighted by molar-refractivity contribution is 7.91. The summed E-state index contributed by atoms with van der Waals surface area (Å²) in [6, 6.07) is 5.93. The monoisotopic (exact) mass is 348 g/mol. The van der Waals surface area contributed by atoms with Gasteiger partial charge < -0.3 is 9.64 Å². The van der Waals surface area contributed by atoms with E-state index in [1.165, 1.54) is 6.26 Å². The Morgan fingerprint density at radius 1 is 1.33 bits per heavy atom. The Morgan fingerprint density at radius 2 is 2.08 bits per heavy atom. The lowest BCUT2D eigenvalue weighted by Gasteiger charge is -2.33. The second kappa shape index (κ2) is 6.93. The van der Waals surface area contributed by atoms with Crippen molar-refractivity contribution in [1.82, 2.24) is 9.97 Å². The number of para-hydroxylation sites is 1. The van der Waals surface area contributed by atoms with Gasteiger partial charge in [0.25, 0.3) is 0 Å². The van der Waals surface area contributed by atoms with E-state index in [1.807, 2.05) is 25.1 Å². The van der Waals surface area contributed by atoms with Gasteiger partial charge in [-0.1, -0.05) is 6.07 Å². The summed E-state index contributed by atoms with van der Waals surface area (Å²) in [5, 5.41) is 1.00. The average Bonchev–Trinajstić information content (AvgIpc) is 2.54. The zero-order chi connectivity index (χ0) is 17.2. The lowest BCUT2D eigenvalue weighted by molar-refractivity contribution is 0.343. The molecule has 1 unspecified atom stereocenters. The van der Waals surface area contributed by atoms with E-state index >= 15 is 0 Å². The first-order valence-electron chi connectivity index (χ1n) is 8.31. The third-order valence-electron chi connectivity index (χ3n) is 4.37. The quantitative estimate of drug-likeness (QED) is 0.899. The number of rotatable bonds is 5. The molecule has 1 atom stereocenters. The molecule has 1 aliphatic rings. The molecule has 0 amide bonds. The third-order valence-corrected chi connectivity index (χ3v) is 5.48. The van der Waals surface area contributed by atoms with Crippen molar-refractivity contribution in [3.8, 4) is 5.75 Å². The number of aromatic nitrogens is 2. The molecule has 130 valence electrons. The number of piperidine rings is 1.